The van der Waals surface area contributed by atoms with Gasteiger partial charge in [0.25, 0.3) is 0 Å². The number of nitrogens with one attached hydrogen (secondary N) is 1. The molecule has 1 fully saturated rings. The van der Waals surface area contributed by atoms with Crippen molar-refractivity contribution in [3.63, 3.8) is 0 Å². The Hall–Kier alpha value is -1.81. The highest BCUT2D eigenvalue weighted by molar-refractivity contribution is 8.17. The molecule has 2 aliphatic rings. The van der Waals surface area contributed by atoms with Gasteiger partial charge in [-0.1, -0.05) is 44.0 Å². The van der Waals surface area contributed by atoms with E-state index in [1.54, 1.807) is 0 Å². The van der Waals surface area contributed by atoms with E-state index in [1.807, 2.05) is 61.8 Å². The number of amides is 1. The minimum absolute atomic E-state index is 0.0634. The average Bonchev–Trinajstić information content (AvgIpc) is 3.26. The van der Waals surface area contributed by atoms with Crippen molar-refractivity contribution in [2.24, 2.45) is 11.7 Å². The SMILES string of the molecule is CC(C)C(Nc1nc(CN2CCN(SC3CC=CS3)CC2)nc2ccccc12)C(N)=O. The zero-order valence-electron chi connectivity index (χ0n) is 18.0. The number of allylic oxidation sites excluding steroid dienone is 1. The molecule has 2 aromatic rings. The van der Waals surface area contributed by atoms with Crippen LogP contribution in [0.3, 0.4) is 0 Å². The lowest BCUT2D eigenvalue weighted by Crippen LogP contribution is -2.43. The lowest BCUT2D eigenvalue weighted by atomic mass is 10.0. The number of carbonyl (C=O) groups excluding carboxylic acids is 1. The predicted molar refractivity (Wildman–Crippen MR) is 131 cm³/mol. The molecule has 2 aliphatic heterocycles. The van der Waals surface area contributed by atoms with Crippen LogP contribution in [0.4, 0.5) is 5.82 Å². The van der Waals surface area contributed by atoms with Crippen LogP contribution in [-0.2, 0) is 11.3 Å². The van der Waals surface area contributed by atoms with E-state index in [0.717, 1.165) is 49.3 Å². The number of fused-ring (bicyclic) bond motifs is 1. The van der Waals surface area contributed by atoms with Crippen molar-refractivity contribution >= 4 is 46.3 Å². The fraction of sp³-hybridized carbons (Fsp3) is 0.500. The van der Waals surface area contributed by atoms with Gasteiger partial charge in [-0.2, -0.15) is 0 Å². The molecular weight excluding hydrogens is 428 g/mol. The van der Waals surface area contributed by atoms with Crippen LogP contribution in [0.5, 0.6) is 0 Å². The minimum Gasteiger partial charge on any atom is -0.368 e. The summed E-state index contributed by atoms with van der Waals surface area (Å²) >= 11 is 3.89. The monoisotopic (exact) mass is 458 g/mol. The Morgan fingerprint density at radius 1 is 1.26 bits per heavy atom. The van der Waals surface area contributed by atoms with Gasteiger partial charge in [-0.3, -0.25) is 9.69 Å². The van der Waals surface area contributed by atoms with Crippen LogP contribution in [0.1, 0.15) is 26.1 Å². The summed E-state index contributed by atoms with van der Waals surface area (Å²) in [5.41, 5.74) is 6.50. The van der Waals surface area contributed by atoms with E-state index in [-0.39, 0.29) is 11.8 Å². The fourth-order valence-electron chi connectivity index (χ4n) is 3.81. The number of hydrogen-bond donors (Lipinski definition) is 2. The Labute approximate surface area is 192 Å². The molecule has 0 spiro atoms. The third-order valence-corrected chi connectivity index (χ3v) is 8.06. The third-order valence-electron chi connectivity index (χ3n) is 5.53. The summed E-state index contributed by atoms with van der Waals surface area (Å²) in [5, 5.41) is 6.39. The Bertz CT molecular complexity index is 937. The lowest BCUT2D eigenvalue weighted by molar-refractivity contribution is -0.119. The van der Waals surface area contributed by atoms with Crippen molar-refractivity contribution in [3.05, 3.63) is 41.6 Å². The number of anilines is 1. The first-order chi connectivity index (χ1) is 15.0. The van der Waals surface area contributed by atoms with Gasteiger partial charge in [0.05, 0.1) is 16.6 Å². The maximum Gasteiger partial charge on any atom is 0.240 e. The molecule has 4 rings (SSSR count). The van der Waals surface area contributed by atoms with E-state index in [2.05, 4.69) is 26.0 Å². The van der Waals surface area contributed by atoms with E-state index < -0.39 is 6.04 Å². The smallest absolute Gasteiger partial charge is 0.240 e. The van der Waals surface area contributed by atoms with Gasteiger partial charge < -0.3 is 11.1 Å². The number of nitrogens with zero attached hydrogens (tertiary/aromatic N) is 4. The number of rotatable bonds is 8. The molecule has 1 saturated heterocycles. The summed E-state index contributed by atoms with van der Waals surface area (Å²) in [6.45, 7) is 8.71. The normalized spacial score (nSPS) is 21.1. The molecule has 3 N–H and O–H groups in total. The molecular formula is C22H30N6OS2. The summed E-state index contributed by atoms with van der Waals surface area (Å²) in [7, 11) is 0. The molecule has 0 saturated carbocycles. The van der Waals surface area contributed by atoms with Crippen LogP contribution >= 0.6 is 23.7 Å². The second-order valence-corrected chi connectivity index (χ2v) is 11.0. The number of benzene rings is 1. The third kappa shape index (κ3) is 5.71. The van der Waals surface area contributed by atoms with E-state index in [1.165, 1.54) is 0 Å². The maximum atomic E-state index is 11.9. The van der Waals surface area contributed by atoms with Crippen molar-refractivity contribution < 1.29 is 4.79 Å². The van der Waals surface area contributed by atoms with Gasteiger partial charge in [0, 0.05) is 31.6 Å². The molecule has 166 valence electrons. The quantitative estimate of drug-likeness (QED) is 0.583. The number of aromatic nitrogens is 2. The molecule has 2 unspecified atom stereocenters. The summed E-state index contributed by atoms with van der Waals surface area (Å²) in [4.78, 5) is 23.9. The summed E-state index contributed by atoms with van der Waals surface area (Å²) in [5.74, 6) is 1.14. The van der Waals surface area contributed by atoms with Crippen LogP contribution in [0.25, 0.3) is 10.9 Å². The van der Waals surface area contributed by atoms with Gasteiger partial charge >= 0.3 is 0 Å². The first-order valence-corrected chi connectivity index (χ1v) is 12.5. The summed E-state index contributed by atoms with van der Waals surface area (Å²) < 4.78 is 3.11. The van der Waals surface area contributed by atoms with E-state index in [9.17, 15) is 4.79 Å². The highest BCUT2D eigenvalue weighted by Gasteiger charge is 2.24. The van der Waals surface area contributed by atoms with Crippen molar-refractivity contribution in [1.82, 2.24) is 19.2 Å². The van der Waals surface area contributed by atoms with E-state index in [0.29, 0.717) is 16.9 Å². The number of hydrogen-bond acceptors (Lipinski definition) is 8. The summed E-state index contributed by atoms with van der Waals surface area (Å²) in [6.07, 6.45) is 3.41. The second kappa shape index (κ2) is 10.2. The number of thioether (sulfide) groups is 1. The number of nitrogens with two attached hydrogens (primary N) is 1. The van der Waals surface area contributed by atoms with Crippen molar-refractivity contribution in [2.45, 2.75) is 37.4 Å². The van der Waals surface area contributed by atoms with Crippen molar-refractivity contribution in [3.8, 4) is 0 Å². The van der Waals surface area contributed by atoms with Gasteiger partial charge in [-0.25, -0.2) is 14.3 Å². The van der Waals surface area contributed by atoms with Crippen LogP contribution in [0, 0.1) is 5.92 Å². The second-order valence-electron chi connectivity index (χ2n) is 8.26. The Morgan fingerprint density at radius 2 is 2.03 bits per heavy atom. The number of piperazine rings is 1. The minimum atomic E-state index is -0.477. The Morgan fingerprint density at radius 3 is 2.71 bits per heavy atom. The molecule has 0 bridgehead atoms. The average molecular weight is 459 g/mol. The topological polar surface area (TPSA) is 87.4 Å². The maximum absolute atomic E-state index is 11.9. The first-order valence-electron chi connectivity index (χ1n) is 10.8. The standard InChI is InChI=1S/C22H30N6OS2/c1-15(2)20(21(23)29)26-22-16-6-3-4-7-17(16)24-18(25-22)14-27-9-11-28(12-10-27)31-19-8-5-13-30-19/h3-7,13,15,19-20H,8-12,14H2,1-2H3,(H2,23,29)(H,24,25,26). The molecule has 31 heavy (non-hydrogen) atoms. The fourth-order valence-corrected chi connectivity index (χ4v) is 6.09. The molecule has 9 heteroatoms. The van der Waals surface area contributed by atoms with Gasteiger partial charge in [0.2, 0.25) is 5.91 Å². The molecule has 3 heterocycles. The lowest BCUT2D eigenvalue weighted by Gasteiger charge is -2.34. The van der Waals surface area contributed by atoms with Crippen LogP contribution in [-0.4, -0.2) is 61.9 Å². The molecule has 2 atom stereocenters. The van der Waals surface area contributed by atoms with E-state index >= 15 is 0 Å². The van der Waals surface area contributed by atoms with Gasteiger partial charge in [-0.15, -0.1) is 11.8 Å². The molecule has 1 amide bonds. The van der Waals surface area contributed by atoms with Gasteiger partial charge in [0.15, 0.2) is 0 Å². The van der Waals surface area contributed by atoms with E-state index in [4.69, 9.17) is 15.7 Å². The molecule has 1 aromatic heterocycles. The van der Waals surface area contributed by atoms with Crippen molar-refractivity contribution in [2.75, 3.05) is 31.5 Å². The highest BCUT2D eigenvalue weighted by atomic mass is 32.2. The first kappa shape index (κ1) is 22.4. The Balaban J connectivity index is 1.45. The van der Waals surface area contributed by atoms with Gasteiger partial charge in [0.1, 0.15) is 17.7 Å². The number of carbonyl (C=O) groups is 1. The molecule has 0 aliphatic carbocycles. The molecule has 7 nitrogen and oxygen atoms in total. The number of primary amides is 1. The largest absolute Gasteiger partial charge is 0.368 e. The van der Waals surface area contributed by atoms with Gasteiger partial charge in [-0.05, 0) is 29.9 Å². The molecule has 1 aromatic carbocycles. The predicted octanol–water partition coefficient (Wildman–Crippen LogP) is 3.29. The zero-order valence-corrected chi connectivity index (χ0v) is 19.7. The van der Waals surface area contributed by atoms with Crippen LogP contribution < -0.4 is 11.1 Å². The zero-order chi connectivity index (χ0) is 21.8. The van der Waals surface area contributed by atoms with Crippen LogP contribution in [0.15, 0.2) is 35.7 Å². The summed E-state index contributed by atoms with van der Waals surface area (Å²) in [6, 6.07) is 7.42. The Kier molecular flexibility index (Phi) is 7.37. The van der Waals surface area contributed by atoms with Crippen molar-refractivity contribution in [1.29, 1.82) is 0 Å². The number of para-hydroxylation sites is 1. The highest BCUT2D eigenvalue weighted by Crippen LogP contribution is 2.35. The molecule has 0 radical (unpaired) electrons. The van der Waals surface area contributed by atoms with Crippen LogP contribution in [0.2, 0.25) is 0 Å².